The van der Waals surface area contributed by atoms with Crippen LogP contribution in [-0.4, -0.2) is 72.4 Å². The third-order valence-corrected chi connectivity index (χ3v) is 8.96. The standard InChI is InChI=1S/C35H35FN8O2/c36-24-14-22(15-26(17-24)45-13-12-44-10-4-5-11-44)32-34-29(8-9-38-32)40-35(41-34)33-28-18-30(39-21-31(28)42-43-33)23-16-27(20-37-19-23)46-25-6-2-1-3-7-25/h8-9,14-21,25H,1-7,10-13H2,(H,40,41)(H,42,43). The fourth-order valence-corrected chi connectivity index (χ4v) is 6.59. The average molecular weight is 619 g/mol. The number of aromatic amines is 2. The van der Waals surface area contributed by atoms with Gasteiger partial charge in [0.1, 0.15) is 35.1 Å². The SMILES string of the molecule is Fc1cc(OCCN2CCCC2)cc(-c2nccc3[nH]c(-c4n[nH]c5cnc(-c6cncc(OC7CCCCC7)c6)cc45)nc23)c1. The Labute approximate surface area is 265 Å². The van der Waals surface area contributed by atoms with Crippen molar-refractivity contribution in [3.05, 3.63) is 67.0 Å². The number of H-pyrrole nitrogens is 2. The first kappa shape index (κ1) is 28.6. The Kier molecular flexibility index (Phi) is 7.75. The highest BCUT2D eigenvalue weighted by atomic mass is 19.1. The van der Waals surface area contributed by atoms with Crippen molar-refractivity contribution in [2.45, 2.75) is 51.0 Å². The Morgan fingerprint density at radius 2 is 1.72 bits per heavy atom. The van der Waals surface area contributed by atoms with Crippen LogP contribution in [0.4, 0.5) is 4.39 Å². The van der Waals surface area contributed by atoms with Gasteiger partial charge in [0.05, 0.1) is 40.9 Å². The van der Waals surface area contributed by atoms with E-state index >= 15 is 0 Å². The third-order valence-electron chi connectivity index (χ3n) is 8.96. The van der Waals surface area contributed by atoms with Crippen LogP contribution in [0.3, 0.4) is 0 Å². The number of imidazole rings is 1. The molecule has 1 saturated carbocycles. The molecule has 10 nitrogen and oxygen atoms in total. The highest BCUT2D eigenvalue weighted by molar-refractivity contribution is 5.97. The zero-order valence-corrected chi connectivity index (χ0v) is 25.5. The maximum atomic E-state index is 14.8. The van der Waals surface area contributed by atoms with Gasteiger partial charge < -0.3 is 14.5 Å². The van der Waals surface area contributed by atoms with Gasteiger partial charge in [0.2, 0.25) is 0 Å². The monoisotopic (exact) mass is 618 g/mol. The number of halogens is 1. The summed E-state index contributed by atoms with van der Waals surface area (Å²) < 4.78 is 27.0. The number of likely N-dealkylation sites (tertiary alicyclic amines) is 1. The van der Waals surface area contributed by atoms with Crippen molar-refractivity contribution in [2.24, 2.45) is 0 Å². The van der Waals surface area contributed by atoms with E-state index in [1.54, 1.807) is 24.8 Å². The fraction of sp³-hybridized carbons (Fsp3) is 0.343. The number of aromatic nitrogens is 7. The van der Waals surface area contributed by atoms with Gasteiger partial charge in [-0.15, -0.1) is 0 Å². The minimum atomic E-state index is -0.385. The zero-order chi connectivity index (χ0) is 30.9. The summed E-state index contributed by atoms with van der Waals surface area (Å²) >= 11 is 0. The van der Waals surface area contributed by atoms with E-state index < -0.39 is 0 Å². The molecule has 234 valence electrons. The van der Waals surface area contributed by atoms with Crippen LogP contribution in [-0.2, 0) is 0 Å². The minimum absolute atomic E-state index is 0.237. The van der Waals surface area contributed by atoms with Crippen LogP contribution in [0.5, 0.6) is 11.5 Å². The molecule has 11 heteroatoms. The first-order valence-corrected chi connectivity index (χ1v) is 16.1. The predicted octanol–water partition coefficient (Wildman–Crippen LogP) is 6.95. The van der Waals surface area contributed by atoms with E-state index in [0.717, 1.165) is 65.9 Å². The molecule has 2 aliphatic rings. The van der Waals surface area contributed by atoms with E-state index in [4.69, 9.17) is 14.5 Å². The molecule has 0 unspecified atom stereocenters. The fourth-order valence-electron chi connectivity index (χ4n) is 6.59. The molecule has 2 fully saturated rings. The predicted molar refractivity (Wildman–Crippen MR) is 174 cm³/mol. The molecule has 0 amide bonds. The van der Waals surface area contributed by atoms with Gasteiger partial charge in [0.15, 0.2) is 5.82 Å². The topological polar surface area (TPSA) is 118 Å². The molecular formula is C35H35FN8O2. The van der Waals surface area contributed by atoms with Crippen molar-refractivity contribution < 1.29 is 13.9 Å². The number of rotatable bonds is 9. The molecule has 6 heterocycles. The molecule has 1 aliphatic heterocycles. The Morgan fingerprint density at radius 3 is 2.61 bits per heavy atom. The Morgan fingerprint density at radius 1 is 0.848 bits per heavy atom. The Hall–Kier alpha value is -4.90. The van der Waals surface area contributed by atoms with Crippen LogP contribution >= 0.6 is 0 Å². The molecule has 6 aromatic rings. The summed E-state index contributed by atoms with van der Waals surface area (Å²) in [7, 11) is 0. The van der Waals surface area contributed by atoms with Gasteiger partial charge in [-0.05, 0) is 81.9 Å². The lowest BCUT2D eigenvalue weighted by Gasteiger charge is -2.22. The summed E-state index contributed by atoms with van der Waals surface area (Å²) in [4.78, 5) is 24.4. The molecule has 5 aromatic heterocycles. The zero-order valence-electron chi connectivity index (χ0n) is 25.5. The third kappa shape index (κ3) is 5.90. The summed E-state index contributed by atoms with van der Waals surface area (Å²) in [5, 5.41) is 8.52. The van der Waals surface area contributed by atoms with Gasteiger partial charge >= 0.3 is 0 Å². The number of nitrogens with zero attached hydrogens (tertiary/aromatic N) is 6. The maximum Gasteiger partial charge on any atom is 0.159 e. The van der Waals surface area contributed by atoms with Crippen molar-refractivity contribution in [1.82, 2.24) is 40.0 Å². The molecule has 1 aromatic carbocycles. The molecule has 0 bridgehead atoms. The number of nitrogens with one attached hydrogen (secondary N) is 2. The second kappa shape index (κ2) is 12.5. The van der Waals surface area contributed by atoms with Crippen LogP contribution < -0.4 is 9.47 Å². The number of ether oxygens (including phenoxy) is 2. The number of pyridine rings is 3. The molecule has 1 aliphatic carbocycles. The van der Waals surface area contributed by atoms with Crippen molar-refractivity contribution in [3.8, 4) is 45.5 Å². The highest BCUT2D eigenvalue weighted by Crippen LogP contribution is 2.34. The molecular weight excluding hydrogens is 583 g/mol. The van der Waals surface area contributed by atoms with Gasteiger partial charge in [-0.3, -0.25) is 25.0 Å². The van der Waals surface area contributed by atoms with E-state index in [9.17, 15) is 4.39 Å². The summed E-state index contributed by atoms with van der Waals surface area (Å²) in [5.41, 5.74) is 5.59. The molecule has 0 atom stereocenters. The van der Waals surface area contributed by atoms with E-state index in [-0.39, 0.29) is 11.9 Å². The number of hydrogen-bond acceptors (Lipinski definition) is 8. The minimum Gasteiger partial charge on any atom is -0.492 e. The summed E-state index contributed by atoms with van der Waals surface area (Å²) in [5.74, 6) is 1.42. The van der Waals surface area contributed by atoms with Crippen molar-refractivity contribution in [1.29, 1.82) is 0 Å². The maximum absolute atomic E-state index is 14.8. The van der Waals surface area contributed by atoms with Crippen molar-refractivity contribution in [2.75, 3.05) is 26.2 Å². The quantitative estimate of drug-likeness (QED) is 0.179. The summed E-state index contributed by atoms with van der Waals surface area (Å²) in [6.07, 6.45) is 15.5. The summed E-state index contributed by atoms with van der Waals surface area (Å²) in [6, 6.07) is 10.5. The van der Waals surface area contributed by atoms with Crippen LogP contribution in [0.25, 0.3) is 56.0 Å². The first-order chi connectivity index (χ1) is 22.7. The van der Waals surface area contributed by atoms with Crippen LogP contribution in [0.1, 0.15) is 44.9 Å². The number of fused-ring (bicyclic) bond motifs is 2. The van der Waals surface area contributed by atoms with Crippen LogP contribution in [0.15, 0.2) is 61.2 Å². The van der Waals surface area contributed by atoms with Gasteiger partial charge in [0, 0.05) is 41.5 Å². The molecule has 0 spiro atoms. The molecule has 2 N–H and O–H groups in total. The normalized spacial score (nSPS) is 16.0. The second-order valence-corrected chi connectivity index (χ2v) is 12.2. The second-order valence-electron chi connectivity index (χ2n) is 12.2. The lowest BCUT2D eigenvalue weighted by atomic mass is 9.98. The largest absolute Gasteiger partial charge is 0.492 e. The van der Waals surface area contributed by atoms with Gasteiger partial charge in [-0.2, -0.15) is 5.10 Å². The van der Waals surface area contributed by atoms with Crippen molar-refractivity contribution in [3.63, 3.8) is 0 Å². The number of hydrogen-bond donors (Lipinski definition) is 2. The first-order valence-electron chi connectivity index (χ1n) is 16.1. The van der Waals surface area contributed by atoms with Crippen molar-refractivity contribution >= 4 is 21.9 Å². The van der Waals surface area contributed by atoms with Gasteiger partial charge in [-0.1, -0.05) is 6.42 Å². The van der Waals surface area contributed by atoms with Crippen LogP contribution in [0, 0.1) is 5.82 Å². The Bertz CT molecular complexity index is 1990. The molecule has 8 rings (SSSR count). The smallest absolute Gasteiger partial charge is 0.159 e. The average Bonchev–Trinajstić information content (AvgIpc) is 3.85. The van der Waals surface area contributed by atoms with Crippen LogP contribution in [0.2, 0.25) is 0 Å². The van der Waals surface area contributed by atoms with E-state index in [0.29, 0.717) is 40.6 Å². The van der Waals surface area contributed by atoms with Gasteiger partial charge in [0.25, 0.3) is 0 Å². The highest BCUT2D eigenvalue weighted by Gasteiger charge is 2.19. The van der Waals surface area contributed by atoms with E-state index in [1.165, 1.54) is 44.2 Å². The lowest BCUT2D eigenvalue weighted by molar-refractivity contribution is 0.154. The van der Waals surface area contributed by atoms with Gasteiger partial charge in [-0.25, -0.2) is 9.37 Å². The Balaban J connectivity index is 1.08. The molecule has 46 heavy (non-hydrogen) atoms. The van der Waals surface area contributed by atoms with E-state index in [2.05, 4.69) is 35.0 Å². The summed E-state index contributed by atoms with van der Waals surface area (Å²) in [6.45, 7) is 3.51. The lowest BCUT2D eigenvalue weighted by Crippen LogP contribution is -2.25. The van der Waals surface area contributed by atoms with E-state index in [1.807, 2.05) is 24.3 Å². The number of benzene rings is 1. The molecule has 1 saturated heterocycles. The molecule has 0 radical (unpaired) electrons.